The number of benzene rings is 1. The Bertz CT molecular complexity index is 870. The Labute approximate surface area is 168 Å². The van der Waals surface area contributed by atoms with Gasteiger partial charge in [0.15, 0.2) is 5.82 Å². The molecule has 0 saturated carbocycles. The number of hydrogen-bond acceptors (Lipinski definition) is 6. The van der Waals surface area contributed by atoms with Gasteiger partial charge in [0.2, 0.25) is 5.16 Å². The highest BCUT2D eigenvalue weighted by Crippen LogP contribution is 2.22. The lowest BCUT2D eigenvalue weighted by molar-refractivity contribution is -0.137. The molecule has 7 nitrogen and oxygen atoms in total. The van der Waals surface area contributed by atoms with Crippen LogP contribution in [0.4, 0.5) is 0 Å². The van der Waals surface area contributed by atoms with Gasteiger partial charge in [-0.15, -0.1) is 5.10 Å². The van der Waals surface area contributed by atoms with Crippen LogP contribution in [-0.4, -0.2) is 37.3 Å². The molecule has 0 amide bonds. The molecule has 0 aliphatic rings. The zero-order chi connectivity index (χ0) is 20.4. The topological polar surface area (TPSA) is 118 Å². The SMILES string of the molecule is CC.NC(CC(=O)O)Cc1cccc(CSc2n[nH]c(-c3ccncc3)n2)c1. The van der Waals surface area contributed by atoms with Crippen molar-refractivity contribution in [3.63, 3.8) is 0 Å². The number of carboxylic acid groups (broad SMARTS) is 1. The summed E-state index contributed by atoms with van der Waals surface area (Å²) in [6.45, 7) is 4.00. The molecule has 3 rings (SSSR count). The Kier molecular flexibility index (Phi) is 8.64. The van der Waals surface area contributed by atoms with E-state index in [0.717, 1.165) is 22.4 Å². The number of pyridine rings is 1. The number of thioether (sulfide) groups is 1. The van der Waals surface area contributed by atoms with Crippen molar-refractivity contribution in [3.8, 4) is 11.4 Å². The number of nitrogens with zero attached hydrogens (tertiary/aromatic N) is 3. The minimum absolute atomic E-state index is 0.0338. The number of nitrogens with one attached hydrogen (secondary N) is 1. The number of H-pyrrole nitrogens is 1. The molecule has 3 aromatic rings. The molecule has 0 bridgehead atoms. The fraction of sp³-hybridized carbons (Fsp3) is 0.300. The summed E-state index contributed by atoms with van der Waals surface area (Å²) in [5.41, 5.74) is 8.95. The second kappa shape index (κ2) is 11.2. The largest absolute Gasteiger partial charge is 0.481 e. The molecule has 2 aromatic heterocycles. The van der Waals surface area contributed by atoms with E-state index in [1.807, 2.05) is 50.2 Å². The predicted molar refractivity (Wildman–Crippen MR) is 111 cm³/mol. The van der Waals surface area contributed by atoms with E-state index in [-0.39, 0.29) is 12.5 Å². The highest BCUT2D eigenvalue weighted by Gasteiger charge is 2.10. The summed E-state index contributed by atoms with van der Waals surface area (Å²) in [5.74, 6) is 0.553. The number of nitrogens with two attached hydrogens (primary N) is 1. The molecule has 0 aliphatic heterocycles. The van der Waals surface area contributed by atoms with Crippen molar-refractivity contribution in [1.82, 2.24) is 20.2 Å². The first-order valence-electron chi connectivity index (χ1n) is 9.11. The van der Waals surface area contributed by atoms with Gasteiger partial charge in [0, 0.05) is 29.8 Å². The zero-order valence-electron chi connectivity index (χ0n) is 16.0. The van der Waals surface area contributed by atoms with Crippen molar-refractivity contribution < 1.29 is 9.90 Å². The third-order valence-electron chi connectivity index (χ3n) is 3.71. The van der Waals surface area contributed by atoms with E-state index in [4.69, 9.17) is 10.8 Å². The first-order chi connectivity index (χ1) is 13.6. The van der Waals surface area contributed by atoms with E-state index >= 15 is 0 Å². The Morgan fingerprint density at radius 3 is 2.64 bits per heavy atom. The van der Waals surface area contributed by atoms with Gasteiger partial charge >= 0.3 is 5.97 Å². The maximum absolute atomic E-state index is 10.7. The van der Waals surface area contributed by atoms with Crippen LogP contribution in [0.2, 0.25) is 0 Å². The third kappa shape index (κ3) is 6.79. The van der Waals surface area contributed by atoms with Crippen molar-refractivity contribution in [2.75, 3.05) is 0 Å². The molecular weight excluding hydrogens is 374 g/mol. The van der Waals surface area contributed by atoms with Gasteiger partial charge in [-0.3, -0.25) is 14.9 Å². The van der Waals surface area contributed by atoms with Crippen molar-refractivity contribution in [2.24, 2.45) is 5.73 Å². The molecule has 1 aromatic carbocycles. The van der Waals surface area contributed by atoms with Gasteiger partial charge in [-0.1, -0.05) is 49.9 Å². The lowest BCUT2D eigenvalue weighted by atomic mass is 10.0. The summed E-state index contributed by atoms with van der Waals surface area (Å²) in [7, 11) is 0. The summed E-state index contributed by atoms with van der Waals surface area (Å²) in [6.07, 6.45) is 3.93. The fourth-order valence-electron chi connectivity index (χ4n) is 2.54. The minimum atomic E-state index is -0.876. The first-order valence-corrected chi connectivity index (χ1v) is 10.1. The van der Waals surface area contributed by atoms with Gasteiger partial charge in [-0.2, -0.15) is 0 Å². The van der Waals surface area contributed by atoms with E-state index in [9.17, 15) is 4.79 Å². The van der Waals surface area contributed by atoms with Crippen LogP contribution in [-0.2, 0) is 17.0 Å². The van der Waals surface area contributed by atoms with Crippen LogP contribution in [0.1, 0.15) is 31.4 Å². The van der Waals surface area contributed by atoms with Crippen LogP contribution < -0.4 is 5.73 Å². The van der Waals surface area contributed by atoms with Gasteiger partial charge < -0.3 is 10.8 Å². The number of hydrogen-bond donors (Lipinski definition) is 3. The number of aliphatic carboxylic acids is 1. The molecule has 4 N–H and O–H groups in total. The summed E-state index contributed by atoms with van der Waals surface area (Å²) < 4.78 is 0. The highest BCUT2D eigenvalue weighted by atomic mass is 32.2. The Balaban J connectivity index is 0.00000136. The fourth-order valence-corrected chi connectivity index (χ4v) is 3.28. The Morgan fingerprint density at radius 2 is 1.93 bits per heavy atom. The number of carboxylic acids is 1. The summed E-state index contributed by atoms with van der Waals surface area (Å²) >= 11 is 1.53. The second-order valence-electron chi connectivity index (χ2n) is 5.87. The molecule has 0 spiro atoms. The van der Waals surface area contributed by atoms with E-state index in [1.165, 1.54) is 11.8 Å². The van der Waals surface area contributed by atoms with Crippen LogP contribution in [0, 0.1) is 0 Å². The van der Waals surface area contributed by atoms with E-state index in [0.29, 0.717) is 17.4 Å². The monoisotopic (exact) mass is 399 g/mol. The first kappa shape index (κ1) is 21.6. The molecule has 2 heterocycles. The lowest BCUT2D eigenvalue weighted by Crippen LogP contribution is -2.26. The van der Waals surface area contributed by atoms with Crippen molar-refractivity contribution in [1.29, 1.82) is 0 Å². The molecule has 1 atom stereocenters. The minimum Gasteiger partial charge on any atom is -0.481 e. The predicted octanol–water partition coefficient (Wildman–Crippen LogP) is 3.53. The number of aromatic nitrogens is 4. The van der Waals surface area contributed by atoms with E-state index < -0.39 is 5.97 Å². The lowest BCUT2D eigenvalue weighted by Gasteiger charge is -2.10. The van der Waals surface area contributed by atoms with Gasteiger partial charge in [0.25, 0.3) is 0 Å². The Hall–Kier alpha value is -2.71. The molecule has 0 saturated heterocycles. The normalized spacial score (nSPS) is 11.4. The van der Waals surface area contributed by atoms with Crippen molar-refractivity contribution in [3.05, 3.63) is 59.9 Å². The maximum atomic E-state index is 10.7. The number of carbonyl (C=O) groups is 1. The molecule has 0 radical (unpaired) electrons. The molecule has 28 heavy (non-hydrogen) atoms. The van der Waals surface area contributed by atoms with Crippen molar-refractivity contribution in [2.45, 2.75) is 43.6 Å². The molecule has 0 aliphatic carbocycles. The highest BCUT2D eigenvalue weighted by molar-refractivity contribution is 7.98. The maximum Gasteiger partial charge on any atom is 0.304 e. The average Bonchev–Trinajstić information content (AvgIpc) is 3.17. The summed E-state index contributed by atoms with van der Waals surface area (Å²) in [6, 6.07) is 11.4. The quantitative estimate of drug-likeness (QED) is 0.496. The molecule has 8 heteroatoms. The standard InChI is InChI=1S/C18H19N5O2S.C2H6/c19-15(10-16(24)25)9-12-2-1-3-13(8-12)11-26-18-21-17(22-23-18)14-4-6-20-7-5-14;1-2/h1-8,15H,9-11,19H2,(H,24,25)(H,21,22,23);1-2H3. The molecular formula is C20H25N5O2S. The van der Waals surface area contributed by atoms with Crippen LogP contribution in [0.5, 0.6) is 0 Å². The second-order valence-corrected chi connectivity index (χ2v) is 6.82. The molecule has 1 unspecified atom stereocenters. The smallest absolute Gasteiger partial charge is 0.304 e. The van der Waals surface area contributed by atoms with Gasteiger partial charge in [0.1, 0.15) is 0 Å². The van der Waals surface area contributed by atoms with Crippen LogP contribution in [0.25, 0.3) is 11.4 Å². The molecule has 0 fully saturated rings. The third-order valence-corrected chi connectivity index (χ3v) is 4.63. The zero-order valence-corrected chi connectivity index (χ0v) is 16.8. The van der Waals surface area contributed by atoms with E-state index in [2.05, 4.69) is 20.2 Å². The molecule has 148 valence electrons. The summed E-state index contributed by atoms with van der Waals surface area (Å²) in [5, 5.41) is 16.6. The average molecular weight is 400 g/mol. The van der Waals surface area contributed by atoms with Crippen LogP contribution >= 0.6 is 11.8 Å². The van der Waals surface area contributed by atoms with Crippen molar-refractivity contribution >= 4 is 17.7 Å². The van der Waals surface area contributed by atoms with Gasteiger partial charge in [-0.05, 0) is 29.7 Å². The van der Waals surface area contributed by atoms with Gasteiger partial charge in [0.05, 0.1) is 6.42 Å². The van der Waals surface area contributed by atoms with Crippen LogP contribution in [0.3, 0.4) is 0 Å². The van der Waals surface area contributed by atoms with Crippen LogP contribution in [0.15, 0.2) is 53.9 Å². The number of aromatic amines is 1. The van der Waals surface area contributed by atoms with E-state index in [1.54, 1.807) is 12.4 Å². The number of rotatable bonds is 8. The Morgan fingerprint density at radius 1 is 1.21 bits per heavy atom. The van der Waals surface area contributed by atoms with Gasteiger partial charge in [-0.25, -0.2) is 4.98 Å². The summed E-state index contributed by atoms with van der Waals surface area (Å²) in [4.78, 5) is 19.2.